The Kier molecular flexibility index (Phi) is 6.57. The van der Waals surface area contributed by atoms with Gasteiger partial charge in [-0.2, -0.15) is 0 Å². The molecule has 21 heavy (non-hydrogen) atoms. The molecule has 0 radical (unpaired) electrons. The minimum atomic E-state index is -0.584. The number of nitrogen functional groups attached to an aromatic ring is 1. The summed E-state index contributed by atoms with van der Waals surface area (Å²) in [4.78, 5) is 24.6. The molecule has 0 saturated heterocycles. The second-order valence-electron chi connectivity index (χ2n) is 4.42. The van der Waals surface area contributed by atoms with Gasteiger partial charge in [-0.3, -0.25) is 20.8 Å². The smallest absolute Gasteiger partial charge is 0.282 e. The van der Waals surface area contributed by atoms with Crippen molar-refractivity contribution in [3.63, 3.8) is 0 Å². The summed E-state index contributed by atoms with van der Waals surface area (Å²) < 4.78 is 0. The van der Waals surface area contributed by atoms with E-state index >= 15 is 0 Å². The highest BCUT2D eigenvalue weighted by atomic mass is 16.6. The number of nitro benzene ring substituents is 1. The van der Waals surface area contributed by atoms with Gasteiger partial charge in [0.25, 0.3) is 11.6 Å². The van der Waals surface area contributed by atoms with E-state index in [0.717, 1.165) is 13.1 Å². The highest BCUT2D eigenvalue weighted by Crippen LogP contribution is 2.22. The molecule has 1 rings (SSSR count). The summed E-state index contributed by atoms with van der Waals surface area (Å²) in [7, 11) is 0. The summed E-state index contributed by atoms with van der Waals surface area (Å²) in [6.07, 6.45) is 0. The van der Waals surface area contributed by atoms with Crippen molar-refractivity contribution in [3.8, 4) is 0 Å². The van der Waals surface area contributed by atoms with Crippen LogP contribution < -0.4 is 16.6 Å². The Labute approximate surface area is 123 Å². The third-order valence-corrected chi connectivity index (χ3v) is 3.21. The van der Waals surface area contributed by atoms with Crippen LogP contribution >= 0.6 is 0 Å². The predicted molar refractivity (Wildman–Crippen MR) is 81.0 cm³/mol. The third kappa shape index (κ3) is 4.69. The van der Waals surface area contributed by atoms with Gasteiger partial charge in [0.15, 0.2) is 0 Å². The van der Waals surface area contributed by atoms with Crippen LogP contribution in [0.1, 0.15) is 24.2 Å². The van der Waals surface area contributed by atoms with Crippen LogP contribution in [-0.4, -0.2) is 41.9 Å². The first kappa shape index (κ1) is 16.9. The molecule has 1 aromatic rings. The number of nitrogens with zero attached hydrogens (tertiary/aromatic N) is 2. The van der Waals surface area contributed by atoms with Gasteiger partial charge in [-0.1, -0.05) is 13.8 Å². The largest absolute Gasteiger partial charge is 0.351 e. The van der Waals surface area contributed by atoms with Gasteiger partial charge in [-0.05, 0) is 25.2 Å². The van der Waals surface area contributed by atoms with Crippen LogP contribution in [0.4, 0.5) is 11.4 Å². The molecule has 8 nitrogen and oxygen atoms in total. The zero-order chi connectivity index (χ0) is 15.8. The monoisotopic (exact) mass is 295 g/mol. The molecule has 1 aromatic carbocycles. The van der Waals surface area contributed by atoms with Gasteiger partial charge < -0.3 is 15.6 Å². The van der Waals surface area contributed by atoms with E-state index in [1.54, 1.807) is 0 Å². The Morgan fingerprint density at radius 3 is 2.57 bits per heavy atom. The molecule has 0 bridgehead atoms. The van der Waals surface area contributed by atoms with Gasteiger partial charge >= 0.3 is 0 Å². The molecule has 0 saturated carbocycles. The Bertz CT molecular complexity index is 503. The summed E-state index contributed by atoms with van der Waals surface area (Å²) in [5.74, 6) is 4.78. The number of carbonyl (C=O) groups excluding carboxylic acids is 1. The summed E-state index contributed by atoms with van der Waals surface area (Å²) in [5, 5.41) is 13.7. The molecule has 0 aliphatic carbocycles. The zero-order valence-corrected chi connectivity index (χ0v) is 12.3. The van der Waals surface area contributed by atoms with E-state index in [9.17, 15) is 14.9 Å². The van der Waals surface area contributed by atoms with Crippen molar-refractivity contribution in [3.05, 3.63) is 33.9 Å². The number of nitrogens with two attached hydrogens (primary N) is 1. The highest BCUT2D eigenvalue weighted by Gasteiger charge is 2.20. The van der Waals surface area contributed by atoms with E-state index in [1.807, 2.05) is 13.8 Å². The van der Waals surface area contributed by atoms with Gasteiger partial charge in [0.2, 0.25) is 0 Å². The number of hydrogen-bond acceptors (Lipinski definition) is 6. The van der Waals surface area contributed by atoms with E-state index in [4.69, 9.17) is 5.84 Å². The van der Waals surface area contributed by atoms with Crippen molar-refractivity contribution < 1.29 is 9.72 Å². The predicted octanol–water partition coefficient (Wildman–Crippen LogP) is 0.952. The van der Waals surface area contributed by atoms with Crippen molar-refractivity contribution in [1.29, 1.82) is 0 Å². The molecule has 0 aliphatic rings. The standard InChI is InChI=1S/C13H21N5O3/c1-3-17(4-2)8-7-15-13(19)11-9-10(16-14)5-6-12(11)18(20)21/h5-6,9,16H,3-4,7-8,14H2,1-2H3,(H,15,19). The lowest BCUT2D eigenvalue weighted by molar-refractivity contribution is -0.385. The average molecular weight is 295 g/mol. The van der Waals surface area contributed by atoms with Crippen LogP contribution in [0.2, 0.25) is 0 Å². The summed E-state index contributed by atoms with van der Waals surface area (Å²) >= 11 is 0. The highest BCUT2D eigenvalue weighted by molar-refractivity contribution is 5.99. The maximum atomic E-state index is 12.1. The average Bonchev–Trinajstić information content (AvgIpc) is 2.50. The number of amides is 1. The van der Waals surface area contributed by atoms with E-state index in [-0.39, 0.29) is 11.3 Å². The van der Waals surface area contributed by atoms with Crippen molar-refractivity contribution in [2.75, 3.05) is 31.6 Å². The maximum absolute atomic E-state index is 12.1. The number of carbonyl (C=O) groups is 1. The molecule has 0 spiro atoms. The van der Waals surface area contributed by atoms with Crippen LogP contribution in [0.3, 0.4) is 0 Å². The minimum absolute atomic E-state index is 0.00463. The number of nitrogens with one attached hydrogen (secondary N) is 2. The maximum Gasteiger partial charge on any atom is 0.282 e. The number of hydrogen-bond donors (Lipinski definition) is 3. The van der Waals surface area contributed by atoms with Crippen LogP contribution in [0.25, 0.3) is 0 Å². The van der Waals surface area contributed by atoms with Crippen LogP contribution in [0, 0.1) is 10.1 Å². The fourth-order valence-corrected chi connectivity index (χ4v) is 1.93. The molecule has 4 N–H and O–H groups in total. The first-order chi connectivity index (χ1) is 10.0. The number of benzene rings is 1. The van der Waals surface area contributed by atoms with E-state index in [1.165, 1.54) is 18.2 Å². The molecule has 0 aromatic heterocycles. The lowest BCUT2D eigenvalue weighted by atomic mass is 10.1. The van der Waals surface area contributed by atoms with Gasteiger partial charge in [0.05, 0.1) is 4.92 Å². The third-order valence-electron chi connectivity index (χ3n) is 3.21. The molecule has 0 fully saturated rings. The minimum Gasteiger partial charge on any atom is -0.351 e. The fraction of sp³-hybridized carbons (Fsp3) is 0.462. The molecule has 116 valence electrons. The first-order valence-corrected chi connectivity index (χ1v) is 6.79. The Morgan fingerprint density at radius 2 is 2.05 bits per heavy atom. The second kappa shape index (κ2) is 8.18. The summed E-state index contributed by atoms with van der Waals surface area (Å²) in [6.45, 7) is 6.97. The van der Waals surface area contributed by atoms with Gasteiger partial charge in [0, 0.05) is 24.8 Å². The second-order valence-corrected chi connectivity index (χ2v) is 4.42. The fourth-order valence-electron chi connectivity index (χ4n) is 1.93. The van der Waals surface area contributed by atoms with Crippen molar-refractivity contribution >= 4 is 17.3 Å². The van der Waals surface area contributed by atoms with Crippen molar-refractivity contribution in [2.24, 2.45) is 5.84 Å². The SMILES string of the molecule is CCN(CC)CCNC(=O)c1cc(NN)ccc1[N+](=O)[O-]. The summed E-state index contributed by atoms with van der Waals surface area (Å²) in [6, 6.07) is 4.07. The Hall–Kier alpha value is -2.19. The topological polar surface area (TPSA) is 114 Å². The van der Waals surface area contributed by atoms with Gasteiger partial charge in [-0.25, -0.2) is 0 Å². The van der Waals surface area contributed by atoms with Crippen molar-refractivity contribution in [2.45, 2.75) is 13.8 Å². The Morgan fingerprint density at radius 1 is 1.38 bits per heavy atom. The zero-order valence-electron chi connectivity index (χ0n) is 12.3. The van der Waals surface area contributed by atoms with E-state index < -0.39 is 10.8 Å². The first-order valence-electron chi connectivity index (χ1n) is 6.79. The van der Waals surface area contributed by atoms with Gasteiger partial charge in [-0.15, -0.1) is 0 Å². The molecular formula is C13H21N5O3. The molecule has 0 heterocycles. The quantitative estimate of drug-likeness (QED) is 0.374. The van der Waals surface area contributed by atoms with E-state index in [0.29, 0.717) is 18.8 Å². The molecular weight excluding hydrogens is 274 g/mol. The molecule has 0 unspecified atom stereocenters. The van der Waals surface area contributed by atoms with Crippen LogP contribution in [-0.2, 0) is 0 Å². The summed E-state index contributed by atoms with van der Waals surface area (Å²) in [5.41, 5.74) is 2.56. The lowest BCUT2D eigenvalue weighted by Crippen LogP contribution is -2.35. The lowest BCUT2D eigenvalue weighted by Gasteiger charge is -2.18. The number of hydrazine groups is 1. The van der Waals surface area contributed by atoms with E-state index in [2.05, 4.69) is 15.6 Å². The van der Waals surface area contributed by atoms with Gasteiger partial charge in [0.1, 0.15) is 5.56 Å². The molecule has 1 amide bonds. The number of rotatable bonds is 8. The van der Waals surface area contributed by atoms with Crippen LogP contribution in [0.15, 0.2) is 18.2 Å². The number of likely N-dealkylation sites (N-methyl/N-ethyl adjacent to an activating group) is 1. The molecule has 0 aliphatic heterocycles. The molecule has 8 heteroatoms. The number of anilines is 1. The van der Waals surface area contributed by atoms with Crippen LogP contribution in [0.5, 0.6) is 0 Å². The Balaban J connectivity index is 2.78. The number of nitro groups is 1. The molecule has 0 atom stereocenters. The van der Waals surface area contributed by atoms with Crippen molar-refractivity contribution in [1.82, 2.24) is 10.2 Å². The normalized spacial score (nSPS) is 10.5.